The lowest BCUT2D eigenvalue weighted by atomic mass is 9.88. The highest BCUT2D eigenvalue weighted by atomic mass is 16.5. The highest BCUT2D eigenvalue weighted by molar-refractivity contribution is 6.00. The van der Waals surface area contributed by atoms with Crippen molar-refractivity contribution < 1.29 is 9.53 Å². The molecule has 0 heterocycles. The first-order valence-corrected chi connectivity index (χ1v) is 6.92. The summed E-state index contributed by atoms with van der Waals surface area (Å²) in [4.78, 5) is 12.6. The third-order valence-electron chi connectivity index (χ3n) is 4.05. The van der Waals surface area contributed by atoms with Gasteiger partial charge in [-0.3, -0.25) is 4.79 Å². The molecule has 1 aliphatic rings. The molecular weight excluding hydrogens is 238 g/mol. The van der Waals surface area contributed by atoms with Gasteiger partial charge in [0, 0.05) is 12.0 Å². The van der Waals surface area contributed by atoms with E-state index in [2.05, 4.69) is 0 Å². The molecule has 0 atom stereocenters. The third-order valence-corrected chi connectivity index (χ3v) is 4.05. The van der Waals surface area contributed by atoms with E-state index in [4.69, 9.17) is 10.5 Å². The number of nitrogens with two attached hydrogens (primary N) is 1. The Morgan fingerprint density at radius 2 is 1.95 bits per heavy atom. The highest BCUT2D eigenvalue weighted by Gasteiger charge is 2.33. The van der Waals surface area contributed by atoms with Crippen molar-refractivity contribution in [3.63, 3.8) is 0 Å². The van der Waals surface area contributed by atoms with Crippen LogP contribution >= 0.6 is 0 Å². The van der Waals surface area contributed by atoms with Gasteiger partial charge in [0.1, 0.15) is 5.75 Å². The topological polar surface area (TPSA) is 52.3 Å². The number of carbonyl (C=O) groups is 1. The van der Waals surface area contributed by atoms with E-state index in [1.165, 1.54) is 0 Å². The number of rotatable bonds is 4. The van der Waals surface area contributed by atoms with Crippen LogP contribution in [0.1, 0.15) is 53.6 Å². The Balaban J connectivity index is 2.28. The number of carbonyl (C=O) groups excluding carboxylic acids is 1. The second-order valence-corrected chi connectivity index (χ2v) is 5.83. The number of ketones is 1. The summed E-state index contributed by atoms with van der Waals surface area (Å²) in [6.07, 6.45) is 4.59. The van der Waals surface area contributed by atoms with Gasteiger partial charge < -0.3 is 10.5 Å². The second-order valence-electron chi connectivity index (χ2n) is 5.83. The van der Waals surface area contributed by atoms with Crippen LogP contribution in [0.15, 0.2) is 12.1 Å². The van der Waals surface area contributed by atoms with Crippen molar-refractivity contribution in [2.24, 2.45) is 5.73 Å². The average Bonchev–Trinajstić information content (AvgIpc) is 2.74. The van der Waals surface area contributed by atoms with Crippen molar-refractivity contribution in [1.82, 2.24) is 0 Å². The maximum Gasteiger partial charge on any atom is 0.168 e. The summed E-state index contributed by atoms with van der Waals surface area (Å²) >= 11 is 0. The summed E-state index contributed by atoms with van der Waals surface area (Å²) in [6, 6.07) is 3.94. The molecule has 3 heteroatoms. The molecule has 2 N–H and O–H groups in total. The normalized spacial score (nSPS) is 17.5. The molecule has 1 aromatic carbocycles. The minimum Gasteiger partial charge on any atom is -0.496 e. The fourth-order valence-corrected chi connectivity index (χ4v) is 3.11. The lowest BCUT2D eigenvalue weighted by Crippen LogP contribution is -2.38. The molecule has 0 unspecified atom stereocenters. The first-order chi connectivity index (χ1) is 8.95. The van der Waals surface area contributed by atoms with Crippen molar-refractivity contribution in [3.05, 3.63) is 28.8 Å². The molecular formula is C16H23NO2. The molecule has 3 nitrogen and oxygen atoms in total. The van der Waals surface area contributed by atoms with Crippen LogP contribution in [0.2, 0.25) is 0 Å². The third kappa shape index (κ3) is 2.98. The fraction of sp³-hybridized carbons (Fsp3) is 0.562. The number of methoxy groups -OCH3 is 1. The lowest BCUT2D eigenvalue weighted by molar-refractivity contribution is 0.0948. The Labute approximate surface area is 115 Å². The Bertz CT molecular complexity index is 488. The van der Waals surface area contributed by atoms with Gasteiger partial charge >= 0.3 is 0 Å². The van der Waals surface area contributed by atoms with E-state index < -0.39 is 0 Å². The van der Waals surface area contributed by atoms with Crippen molar-refractivity contribution in [2.75, 3.05) is 7.11 Å². The van der Waals surface area contributed by atoms with Crippen molar-refractivity contribution in [1.29, 1.82) is 0 Å². The molecule has 2 rings (SSSR count). The summed E-state index contributed by atoms with van der Waals surface area (Å²) in [5.41, 5.74) is 8.78. The van der Waals surface area contributed by atoms with Crippen LogP contribution < -0.4 is 10.5 Å². The van der Waals surface area contributed by atoms with Crippen LogP contribution in [0.5, 0.6) is 5.75 Å². The van der Waals surface area contributed by atoms with Crippen molar-refractivity contribution in [2.45, 2.75) is 51.5 Å². The van der Waals surface area contributed by atoms with Crippen LogP contribution in [0.3, 0.4) is 0 Å². The molecule has 0 spiro atoms. The SMILES string of the molecule is COc1cc(C)cc(C)c1C(=O)CC1(N)CCCC1. The minimum absolute atomic E-state index is 0.110. The number of hydrogen-bond donors (Lipinski definition) is 1. The zero-order chi connectivity index (χ0) is 14.0. The average molecular weight is 261 g/mol. The number of ether oxygens (including phenoxy) is 1. The monoisotopic (exact) mass is 261 g/mol. The summed E-state index contributed by atoms with van der Waals surface area (Å²) in [5.74, 6) is 0.780. The van der Waals surface area contributed by atoms with Gasteiger partial charge in [-0.2, -0.15) is 0 Å². The number of Topliss-reactive ketones (excluding diaryl/α,β-unsaturated/α-hetero) is 1. The van der Waals surface area contributed by atoms with Gasteiger partial charge in [-0.15, -0.1) is 0 Å². The second kappa shape index (κ2) is 5.33. The molecule has 0 amide bonds. The smallest absolute Gasteiger partial charge is 0.168 e. The van der Waals surface area contributed by atoms with Crippen LogP contribution in [-0.4, -0.2) is 18.4 Å². The molecule has 19 heavy (non-hydrogen) atoms. The van der Waals surface area contributed by atoms with Gasteiger partial charge in [-0.1, -0.05) is 18.9 Å². The van der Waals surface area contributed by atoms with Crippen molar-refractivity contribution in [3.8, 4) is 5.75 Å². The van der Waals surface area contributed by atoms with Crippen LogP contribution in [0.25, 0.3) is 0 Å². The van der Waals surface area contributed by atoms with Gasteiger partial charge in [-0.25, -0.2) is 0 Å². The molecule has 1 aromatic rings. The summed E-state index contributed by atoms with van der Waals surface area (Å²) < 4.78 is 5.36. The van der Waals surface area contributed by atoms with E-state index in [9.17, 15) is 4.79 Å². The predicted molar refractivity (Wildman–Crippen MR) is 76.8 cm³/mol. The molecule has 0 aromatic heterocycles. The zero-order valence-electron chi connectivity index (χ0n) is 12.1. The molecule has 1 aliphatic carbocycles. The largest absolute Gasteiger partial charge is 0.496 e. The number of benzene rings is 1. The first-order valence-electron chi connectivity index (χ1n) is 6.92. The minimum atomic E-state index is -0.306. The number of aryl methyl sites for hydroxylation is 2. The van der Waals surface area contributed by atoms with Gasteiger partial charge in [0.2, 0.25) is 0 Å². The Morgan fingerprint density at radius 1 is 1.32 bits per heavy atom. The fourth-order valence-electron chi connectivity index (χ4n) is 3.11. The van der Waals surface area contributed by atoms with E-state index in [1.807, 2.05) is 26.0 Å². The standard InChI is InChI=1S/C16H23NO2/c1-11-8-12(2)15(14(9-11)19-3)13(18)10-16(17)6-4-5-7-16/h8-9H,4-7,10,17H2,1-3H3. The van der Waals surface area contributed by atoms with E-state index in [-0.39, 0.29) is 11.3 Å². The molecule has 1 fully saturated rings. The van der Waals surface area contributed by atoms with Gasteiger partial charge in [0.25, 0.3) is 0 Å². The van der Waals surface area contributed by atoms with Crippen LogP contribution in [0, 0.1) is 13.8 Å². The van der Waals surface area contributed by atoms with Crippen molar-refractivity contribution >= 4 is 5.78 Å². The van der Waals surface area contributed by atoms with E-state index in [0.717, 1.165) is 36.8 Å². The highest BCUT2D eigenvalue weighted by Crippen LogP contribution is 2.33. The Kier molecular flexibility index (Phi) is 3.95. The summed E-state index contributed by atoms with van der Waals surface area (Å²) in [5, 5.41) is 0. The molecule has 0 bridgehead atoms. The lowest BCUT2D eigenvalue weighted by Gasteiger charge is -2.23. The molecule has 104 valence electrons. The molecule has 1 saturated carbocycles. The van der Waals surface area contributed by atoms with Crippen LogP contribution in [0.4, 0.5) is 0 Å². The maximum atomic E-state index is 12.6. The Morgan fingerprint density at radius 3 is 2.53 bits per heavy atom. The molecule has 0 saturated heterocycles. The van der Waals surface area contributed by atoms with E-state index in [1.54, 1.807) is 7.11 Å². The molecule has 0 aliphatic heterocycles. The van der Waals surface area contributed by atoms with Crippen LogP contribution in [-0.2, 0) is 0 Å². The molecule has 0 radical (unpaired) electrons. The quantitative estimate of drug-likeness (QED) is 0.847. The summed E-state index contributed by atoms with van der Waals surface area (Å²) in [7, 11) is 1.61. The first kappa shape index (κ1) is 14.1. The van der Waals surface area contributed by atoms with E-state index in [0.29, 0.717) is 17.7 Å². The maximum absolute atomic E-state index is 12.6. The van der Waals surface area contributed by atoms with E-state index >= 15 is 0 Å². The Hall–Kier alpha value is -1.35. The van der Waals surface area contributed by atoms with Gasteiger partial charge in [0.15, 0.2) is 5.78 Å². The number of hydrogen-bond acceptors (Lipinski definition) is 3. The van der Waals surface area contributed by atoms with Gasteiger partial charge in [-0.05, 0) is 43.9 Å². The van der Waals surface area contributed by atoms with Gasteiger partial charge in [0.05, 0.1) is 12.7 Å². The summed E-state index contributed by atoms with van der Waals surface area (Å²) in [6.45, 7) is 3.96. The predicted octanol–water partition coefficient (Wildman–Crippen LogP) is 3.16. The zero-order valence-corrected chi connectivity index (χ0v) is 12.1.